The normalized spacial score (nSPS) is 16.6. The number of aromatic nitrogens is 1. The molecule has 1 fully saturated rings. The van der Waals surface area contributed by atoms with Crippen LogP contribution in [0.5, 0.6) is 0 Å². The van der Waals surface area contributed by atoms with E-state index in [-0.39, 0.29) is 26.3 Å². The molecule has 152 valence electrons. The Morgan fingerprint density at radius 3 is 2.32 bits per heavy atom. The molecule has 1 aliphatic carbocycles. The Morgan fingerprint density at radius 2 is 1.79 bits per heavy atom. The number of rotatable bonds is 5. The van der Waals surface area contributed by atoms with Crippen LogP contribution >= 0.6 is 23.2 Å². The lowest BCUT2D eigenvalue weighted by atomic mass is 9.89. The number of carbonyl (C=O) groups is 1. The summed E-state index contributed by atoms with van der Waals surface area (Å²) in [7, 11) is -2.63. The van der Waals surface area contributed by atoms with E-state index in [1.165, 1.54) is 17.8 Å². The number of anilines is 1. The molecular formula is C16H14Cl2F3N3O3S. The van der Waals surface area contributed by atoms with Gasteiger partial charge in [-0.3, -0.25) is 4.79 Å². The maximum absolute atomic E-state index is 13.5. The van der Waals surface area contributed by atoms with Gasteiger partial charge in [-0.25, -0.2) is 26.3 Å². The van der Waals surface area contributed by atoms with Crippen molar-refractivity contribution in [1.29, 1.82) is 0 Å². The highest BCUT2D eigenvalue weighted by molar-refractivity contribution is 7.89. The number of aryl methyl sites for hydroxylation is 1. The van der Waals surface area contributed by atoms with Crippen LogP contribution in [0.2, 0.25) is 10.0 Å². The second-order valence-corrected chi connectivity index (χ2v) is 8.99. The number of nitrogens with one attached hydrogen (secondary N) is 2. The average molecular weight is 456 g/mol. The SMILES string of the molecule is Cn1cc(S(=O)(=O)NC2CC(F)(F)C2)cc1C(=O)Nc1cc(Cl)c(F)c(Cl)c1. The van der Waals surface area contributed by atoms with Crippen molar-refractivity contribution in [3.8, 4) is 0 Å². The van der Waals surface area contributed by atoms with E-state index in [2.05, 4.69) is 10.0 Å². The van der Waals surface area contributed by atoms with Gasteiger partial charge >= 0.3 is 0 Å². The van der Waals surface area contributed by atoms with Crippen LogP contribution in [0, 0.1) is 5.82 Å². The zero-order valence-electron chi connectivity index (χ0n) is 14.3. The highest BCUT2D eigenvalue weighted by Gasteiger charge is 2.47. The fourth-order valence-electron chi connectivity index (χ4n) is 2.76. The van der Waals surface area contributed by atoms with Crippen molar-refractivity contribution in [2.45, 2.75) is 29.7 Å². The highest BCUT2D eigenvalue weighted by atomic mass is 35.5. The number of alkyl halides is 2. The summed E-state index contributed by atoms with van der Waals surface area (Å²) in [6, 6.07) is 2.54. The molecule has 1 aromatic heterocycles. The highest BCUT2D eigenvalue weighted by Crippen LogP contribution is 2.38. The van der Waals surface area contributed by atoms with Crippen LogP contribution in [-0.4, -0.2) is 30.9 Å². The topological polar surface area (TPSA) is 80.2 Å². The molecule has 6 nitrogen and oxygen atoms in total. The van der Waals surface area contributed by atoms with E-state index < -0.39 is 46.6 Å². The minimum atomic E-state index is -4.07. The number of nitrogens with zero attached hydrogens (tertiary/aromatic N) is 1. The van der Waals surface area contributed by atoms with Gasteiger partial charge in [0.2, 0.25) is 10.0 Å². The largest absolute Gasteiger partial charge is 0.345 e. The smallest absolute Gasteiger partial charge is 0.272 e. The third-order valence-corrected chi connectivity index (χ3v) is 6.21. The van der Waals surface area contributed by atoms with Gasteiger partial charge in [0, 0.05) is 37.8 Å². The lowest BCUT2D eigenvalue weighted by molar-refractivity contribution is -0.0876. The molecule has 0 bridgehead atoms. The lowest BCUT2D eigenvalue weighted by Crippen LogP contribution is -2.50. The molecule has 0 aliphatic heterocycles. The van der Waals surface area contributed by atoms with E-state index in [0.29, 0.717) is 0 Å². The van der Waals surface area contributed by atoms with Gasteiger partial charge in [0.25, 0.3) is 11.8 Å². The molecule has 2 aromatic rings. The van der Waals surface area contributed by atoms with E-state index in [1.54, 1.807) is 0 Å². The molecule has 0 radical (unpaired) electrons. The Bertz CT molecular complexity index is 1030. The summed E-state index contributed by atoms with van der Waals surface area (Å²) < 4.78 is 67.4. The molecule has 28 heavy (non-hydrogen) atoms. The zero-order chi connectivity index (χ0) is 20.9. The fourth-order valence-corrected chi connectivity index (χ4v) is 4.55. The van der Waals surface area contributed by atoms with Crippen molar-refractivity contribution in [1.82, 2.24) is 9.29 Å². The van der Waals surface area contributed by atoms with Gasteiger partial charge < -0.3 is 9.88 Å². The van der Waals surface area contributed by atoms with Crippen LogP contribution in [-0.2, 0) is 17.1 Å². The maximum Gasteiger partial charge on any atom is 0.272 e. The number of halogens is 5. The molecule has 12 heteroatoms. The van der Waals surface area contributed by atoms with Crippen LogP contribution in [0.3, 0.4) is 0 Å². The Kier molecular flexibility index (Phi) is 5.43. The van der Waals surface area contributed by atoms with Crippen LogP contribution < -0.4 is 10.0 Å². The van der Waals surface area contributed by atoms with E-state index in [1.807, 2.05) is 0 Å². The Labute approximate surface area is 168 Å². The van der Waals surface area contributed by atoms with Crippen molar-refractivity contribution in [2.75, 3.05) is 5.32 Å². The first kappa shape index (κ1) is 21.0. The number of amides is 1. The van der Waals surface area contributed by atoms with Crippen molar-refractivity contribution in [2.24, 2.45) is 7.05 Å². The van der Waals surface area contributed by atoms with E-state index in [9.17, 15) is 26.4 Å². The molecule has 1 heterocycles. The number of benzene rings is 1. The predicted octanol–water partition coefficient (Wildman–Crippen LogP) is 3.80. The second kappa shape index (κ2) is 7.25. The number of hydrogen-bond donors (Lipinski definition) is 2. The Hall–Kier alpha value is -1.75. The molecule has 0 saturated heterocycles. The van der Waals surface area contributed by atoms with Crippen LogP contribution in [0.4, 0.5) is 18.9 Å². The first-order valence-corrected chi connectivity index (χ1v) is 10.1. The van der Waals surface area contributed by atoms with Gasteiger partial charge in [-0.1, -0.05) is 23.2 Å². The van der Waals surface area contributed by atoms with Crippen molar-refractivity contribution in [3.63, 3.8) is 0 Å². The zero-order valence-corrected chi connectivity index (χ0v) is 16.6. The van der Waals surface area contributed by atoms with Crippen molar-refractivity contribution >= 4 is 44.8 Å². The third kappa shape index (κ3) is 4.29. The van der Waals surface area contributed by atoms with Crippen molar-refractivity contribution in [3.05, 3.63) is 46.0 Å². The summed E-state index contributed by atoms with van der Waals surface area (Å²) in [6.07, 6.45) is 0.0374. The number of carbonyl (C=O) groups excluding carboxylic acids is 1. The molecule has 3 rings (SSSR count). The average Bonchev–Trinajstić information content (AvgIpc) is 2.93. The Balaban J connectivity index is 1.77. The summed E-state index contributed by atoms with van der Waals surface area (Å²) in [4.78, 5) is 12.2. The van der Waals surface area contributed by atoms with Gasteiger partial charge in [0.05, 0.1) is 10.0 Å². The van der Waals surface area contributed by atoms with Crippen LogP contribution in [0.15, 0.2) is 29.3 Å². The molecule has 1 amide bonds. The summed E-state index contributed by atoms with van der Waals surface area (Å²) in [5, 5.41) is 1.85. The van der Waals surface area contributed by atoms with Crippen LogP contribution in [0.25, 0.3) is 0 Å². The lowest BCUT2D eigenvalue weighted by Gasteiger charge is -2.34. The molecule has 1 aliphatic rings. The van der Waals surface area contributed by atoms with Gasteiger partial charge in [-0.2, -0.15) is 0 Å². The van der Waals surface area contributed by atoms with Gasteiger partial charge in [0.15, 0.2) is 5.82 Å². The molecule has 0 atom stereocenters. The number of sulfonamides is 1. The van der Waals surface area contributed by atoms with E-state index in [0.717, 1.165) is 18.2 Å². The molecule has 1 saturated carbocycles. The first-order valence-electron chi connectivity index (χ1n) is 7.90. The molecule has 2 N–H and O–H groups in total. The van der Waals surface area contributed by atoms with E-state index >= 15 is 0 Å². The first-order chi connectivity index (χ1) is 12.9. The fraction of sp³-hybridized carbons (Fsp3) is 0.312. The molecule has 1 aromatic carbocycles. The van der Waals surface area contributed by atoms with Gasteiger partial charge in [0.1, 0.15) is 10.6 Å². The quantitative estimate of drug-likeness (QED) is 0.672. The van der Waals surface area contributed by atoms with Crippen LogP contribution in [0.1, 0.15) is 23.3 Å². The molecule has 0 spiro atoms. The Morgan fingerprint density at radius 1 is 1.21 bits per heavy atom. The molecule has 0 unspecified atom stereocenters. The summed E-state index contributed by atoms with van der Waals surface area (Å²) in [5.74, 6) is -4.40. The third-order valence-electron chi connectivity index (χ3n) is 4.18. The monoisotopic (exact) mass is 455 g/mol. The minimum Gasteiger partial charge on any atom is -0.345 e. The maximum atomic E-state index is 13.5. The second-order valence-electron chi connectivity index (χ2n) is 6.46. The van der Waals surface area contributed by atoms with Gasteiger partial charge in [-0.05, 0) is 18.2 Å². The summed E-state index contributed by atoms with van der Waals surface area (Å²) in [5.41, 5.74) is 0.0812. The predicted molar refractivity (Wildman–Crippen MR) is 98.1 cm³/mol. The standard InChI is InChI=1S/C16H14Cl2F3N3O3S/c1-24-7-10(28(26,27)23-9-5-16(20,21)6-9)4-13(24)15(25)22-8-2-11(17)14(19)12(18)3-8/h2-4,7,9,23H,5-6H2,1H3,(H,22,25). The van der Waals surface area contributed by atoms with E-state index in [4.69, 9.17) is 23.2 Å². The minimum absolute atomic E-state index is 0.0316. The number of hydrogen-bond acceptors (Lipinski definition) is 3. The van der Waals surface area contributed by atoms with Gasteiger partial charge in [-0.15, -0.1) is 0 Å². The van der Waals surface area contributed by atoms with Crippen molar-refractivity contribution < 1.29 is 26.4 Å². The summed E-state index contributed by atoms with van der Waals surface area (Å²) >= 11 is 11.3. The summed E-state index contributed by atoms with van der Waals surface area (Å²) in [6.45, 7) is 0. The molecular weight excluding hydrogens is 442 g/mol.